The minimum atomic E-state index is -3.92. The van der Waals surface area contributed by atoms with E-state index in [0.717, 1.165) is 23.6 Å². The number of nitrogens with one attached hydrogen (secondary N) is 4. The van der Waals surface area contributed by atoms with Gasteiger partial charge in [0.05, 0.1) is 11.4 Å². The van der Waals surface area contributed by atoms with E-state index in [0.29, 0.717) is 25.9 Å². The van der Waals surface area contributed by atoms with Gasteiger partial charge in [-0.2, -0.15) is 4.31 Å². The van der Waals surface area contributed by atoms with E-state index in [-0.39, 0.29) is 24.4 Å². The molecule has 1 heterocycles. The number of carboxylic acid groups (broad SMARTS) is 1. The number of urea groups is 2. The van der Waals surface area contributed by atoms with E-state index >= 15 is 0 Å². The van der Waals surface area contributed by atoms with Crippen LogP contribution in [-0.2, 0) is 19.6 Å². The molecule has 0 bridgehead atoms. The van der Waals surface area contributed by atoms with Crippen molar-refractivity contribution >= 4 is 34.0 Å². The van der Waals surface area contributed by atoms with Crippen LogP contribution in [0.3, 0.4) is 0 Å². The second-order valence-corrected chi connectivity index (χ2v) is 10.2. The predicted octanol–water partition coefficient (Wildman–Crippen LogP) is -0.0630. The molecule has 5 amide bonds. The third kappa shape index (κ3) is 9.00. The summed E-state index contributed by atoms with van der Waals surface area (Å²) < 4.78 is 27.0. The summed E-state index contributed by atoms with van der Waals surface area (Å²) in [5.41, 5.74) is 4.97. The molecule has 0 saturated carbocycles. The lowest BCUT2D eigenvalue weighted by atomic mass is 10.2. The van der Waals surface area contributed by atoms with E-state index < -0.39 is 46.0 Å². The minimum absolute atomic E-state index is 0.0557. The van der Waals surface area contributed by atoms with Gasteiger partial charge >= 0.3 is 18.0 Å². The zero-order valence-electron chi connectivity index (χ0n) is 19.9. The molecule has 0 unspecified atom stereocenters. The van der Waals surface area contributed by atoms with Gasteiger partial charge in [0, 0.05) is 19.6 Å². The molecule has 7 N–H and O–H groups in total. The van der Waals surface area contributed by atoms with E-state index in [1.165, 1.54) is 12.1 Å². The summed E-state index contributed by atoms with van der Waals surface area (Å²) in [5.74, 6) is -2.09. The van der Waals surface area contributed by atoms with E-state index in [4.69, 9.17) is 5.73 Å². The highest BCUT2D eigenvalue weighted by molar-refractivity contribution is 7.89. The topological polar surface area (TPSA) is 200 Å². The SMILES string of the molecule is NC(=O)NCCCCCCNC(=O)NC[C@H](NC(=O)[C@@H]1CCCN1S(=O)(=O)c1ccccc1)C(=O)O. The molecule has 14 heteroatoms. The first-order valence-electron chi connectivity index (χ1n) is 11.8. The highest BCUT2D eigenvalue weighted by Gasteiger charge is 2.40. The third-order valence-electron chi connectivity index (χ3n) is 5.63. The Morgan fingerprint density at radius 3 is 2.25 bits per heavy atom. The number of nitrogens with zero attached hydrogens (tertiary/aromatic N) is 1. The van der Waals surface area contributed by atoms with Gasteiger partial charge in [0.2, 0.25) is 15.9 Å². The maximum absolute atomic E-state index is 13.0. The van der Waals surface area contributed by atoms with Crippen molar-refractivity contribution in [1.82, 2.24) is 25.6 Å². The molecule has 1 aromatic rings. The quantitative estimate of drug-likeness (QED) is 0.182. The first kappa shape index (κ1) is 28.8. The number of amides is 5. The van der Waals surface area contributed by atoms with Crippen LogP contribution in [0.15, 0.2) is 35.2 Å². The van der Waals surface area contributed by atoms with Crippen LogP contribution in [0.25, 0.3) is 0 Å². The van der Waals surface area contributed by atoms with Crippen molar-refractivity contribution < 1.29 is 32.7 Å². The summed E-state index contributed by atoms with van der Waals surface area (Å²) >= 11 is 0. The highest BCUT2D eigenvalue weighted by Crippen LogP contribution is 2.26. The van der Waals surface area contributed by atoms with Crippen LogP contribution in [0.1, 0.15) is 38.5 Å². The van der Waals surface area contributed by atoms with Crippen molar-refractivity contribution in [2.45, 2.75) is 55.5 Å². The first-order valence-corrected chi connectivity index (χ1v) is 13.2. The second kappa shape index (κ2) is 14.2. The smallest absolute Gasteiger partial charge is 0.328 e. The van der Waals surface area contributed by atoms with Gasteiger partial charge in [-0.1, -0.05) is 31.0 Å². The standard InChI is InChI=1S/C22H34N6O7S/c23-21(32)24-12-6-1-2-7-13-25-22(33)26-15-17(20(30)31)27-19(29)18-11-8-14-28(18)36(34,35)16-9-4-3-5-10-16/h3-5,9-10,17-18H,1-2,6-8,11-15H2,(H,27,29)(H,30,31)(H3,23,24,32)(H2,25,26,33)/t17-,18-/m0/s1. The number of nitrogens with two attached hydrogens (primary N) is 1. The third-order valence-corrected chi connectivity index (χ3v) is 7.55. The van der Waals surface area contributed by atoms with Crippen molar-refractivity contribution in [2.75, 3.05) is 26.2 Å². The Labute approximate surface area is 210 Å². The molecule has 1 aliphatic heterocycles. The van der Waals surface area contributed by atoms with E-state index in [1.54, 1.807) is 18.2 Å². The number of primary amides is 1. The van der Waals surface area contributed by atoms with Crippen LogP contribution < -0.4 is 27.0 Å². The van der Waals surface area contributed by atoms with Gasteiger partial charge < -0.3 is 32.1 Å². The average molecular weight is 527 g/mol. The lowest BCUT2D eigenvalue weighted by Gasteiger charge is -2.25. The monoisotopic (exact) mass is 526 g/mol. The molecular weight excluding hydrogens is 492 g/mol. The van der Waals surface area contributed by atoms with Crippen LogP contribution >= 0.6 is 0 Å². The fourth-order valence-electron chi connectivity index (χ4n) is 3.76. The zero-order valence-corrected chi connectivity index (χ0v) is 20.8. The number of aliphatic carboxylic acids is 1. The molecule has 2 atom stereocenters. The van der Waals surface area contributed by atoms with Gasteiger partial charge in [0.25, 0.3) is 0 Å². The Balaban J connectivity index is 1.78. The largest absolute Gasteiger partial charge is 0.480 e. The lowest BCUT2D eigenvalue weighted by Crippen LogP contribution is -2.54. The number of carbonyl (C=O) groups is 4. The summed E-state index contributed by atoms with van der Waals surface area (Å²) in [6, 6.07) is 4.10. The van der Waals surface area contributed by atoms with Gasteiger partial charge in [0.15, 0.2) is 0 Å². The summed E-state index contributed by atoms with van der Waals surface area (Å²) in [6.45, 7) is 0.634. The molecule has 200 valence electrons. The fourth-order valence-corrected chi connectivity index (χ4v) is 5.44. The molecule has 36 heavy (non-hydrogen) atoms. The lowest BCUT2D eigenvalue weighted by molar-refractivity contribution is -0.142. The Hall–Kier alpha value is -3.39. The molecule has 1 aliphatic rings. The van der Waals surface area contributed by atoms with Gasteiger partial charge in [-0.3, -0.25) is 4.79 Å². The molecule has 1 fully saturated rings. The van der Waals surface area contributed by atoms with Crippen LogP contribution in [-0.4, -0.2) is 80.0 Å². The number of carbonyl (C=O) groups excluding carboxylic acids is 3. The van der Waals surface area contributed by atoms with Crippen LogP contribution in [0.4, 0.5) is 9.59 Å². The molecule has 0 spiro atoms. The number of rotatable bonds is 14. The van der Waals surface area contributed by atoms with E-state index in [1.807, 2.05) is 0 Å². The molecule has 0 radical (unpaired) electrons. The van der Waals surface area contributed by atoms with Gasteiger partial charge in [0.1, 0.15) is 12.1 Å². The predicted molar refractivity (Wildman–Crippen MR) is 130 cm³/mol. The van der Waals surface area contributed by atoms with E-state index in [9.17, 15) is 32.7 Å². The van der Waals surface area contributed by atoms with Crippen LogP contribution in [0.5, 0.6) is 0 Å². The average Bonchev–Trinajstić information content (AvgIpc) is 3.34. The number of hydrogen-bond donors (Lipinski definition) is 6. The van der Waals surface area contributed by atoms with Crippen molar-refractivity contribution in [3.05, 3.63) is 30.3 Å². The Kier molecular flexibility index (Phi) is 11.4. The zero-order chi connectivity index (χ0) is 26.6. The Morgan fingerprint density at radius 1 is 1.00 bits per heavy atom. The van der Waals surface area contributed by atoms with Crippen molar-refractivity contribution in [3.8, 4) is 0 Å². The van der Waals surface area contributed by atoms with Crippen LogP contribution in [0, 0.1) is 0 Å². The molecule has 2 rings (SSSR count). The maximum Gasteiger partial charge on any atom is 0.328 e. The second-order valence-electron chi connectivity index (χ2n) is 8.33. The number of unbranched alkanes of at least 4 members (excludes halogenated alkanes) is 3. The Morgan fingerprint density at radius 2 is 1.64 bits per heavy atom. The number of sulfonamides is 1. The fraction of sp³-hybridized carbons (Fsp3) is 0.545. The maximum atomic E-state index is 13.0. The van der Waals surface area contributed by atoms with Gasteiger partial charge in [-0.05, 0) is 37.8 Å². The number of hydrogen-bond acceptors (Lipinski definition) is 6. The van der Waals surface area contributed by atoms with Crippen molar-refractivity contribution in [2.24, 2.45) is 5.73 Å². The summed E-state index contributed by atoms with van der Waals surface area (Å²) in [4.78, 5) is 47.1. The van der Waals surface area contributed by atoms with Crippen molar-refractivity contribution in [1.29, 1.82) is 0 Å². The normalized spacial score (nSPS) is 16.6. The summed E-state index contributed by atoms with van der Waals surface area (Å²) in [7, 11) is -3.92. The first-order chi connectivity index (χ1) is 17.1. The van der Waals surface area contributed by atoms with E-state index in [2.05, 4.69) is 21.3 Å². The molecule has 1 aromatic carbocycles. The highest BCUT2D eigenvalue weighted by atomic mass is 32.2. The molecular formula is C22H34N6O7S. The van der Waals surface area contributed by atoms with Gasteiger partial charge in [-0.15, -0.1) is 0 Å². The van der Waals surface area contributed by atoms with Crippen LogP contribution in [0.2, 0.25) is 0 Å². The number of benzene rings is 1. The van der Waals surface area contributed by atoms with Crippen molar-refractivity contribution in [3.63, 3.8) is 0 Å². The molecule has 0 aliphatic carbocycles. The summed E-state index contributed by atoms with van der Waals surface area (Å²) in [5, 5.41) is 19.3. The molecule has 1 saturated heterocycles. The molecule has 0 aromatic heterocycles. The Bertz CT molecular complexity index is 1010. The summed E-state index contributed by atoms with van der Waals surface area (Å²) in [6.07, 6.45) is 3.84. The number of carboxylic acids is 1. The molecule has 13 nitrogen and oxygen atoms in total. The minimum Gasteiger partial charge on any atom is -0.480 e. The van der Waals surface area contributed by atoms with Gasteiger partial charge in [-0.25, -0.2) is 22.8 Å².